The van der Waals surface area contributed by atoms with E-state index in [1.165, 1.54) is 16.1 Å². The molecule has 3 aromatic carbocycles. The summed E-state index contributed by atoms with van der Waals surface area (Å²) in [6, 6.07) is 24.7. The fourth-order valence-electron chi connectivity index (χ4n) is 3.14. The number of carbonyl (C=O) groups excluding carboxylic acids is 1. The smallest absolute Gasteiger partial charge is 0.251 e. The molecule has 5 nitrogen and oxygen atoms in total. The van der Waals surface area contributed by atoms with E-state index in [-0.39, 0.29) is 12.5 Å². The standard InChI is InChI=1S/C25H28N2O3S2/c1-20-8-10-21(11-9-20)18-27(32(2,29)30)24-14-12-23(13-15-24)25(28)26-16-17-31-19-22-6-4-3-5-7-22/h3-15H,16-19H2,1-2H3,(H,26,28). The van der Waals surface area contributed by atoms with E-state index in [0.29, 0.717) is 17.8 Å². The number of amides is 1. The highest BCUT2D eigenvalue weighted by Gasteiger charge is 2.18. The fraction of sp³-hybridized carbons (Fsp3) is 0.240. The molecule has 0 saturated carbocycles. The Hall–Kier alpha value is -2.77. The number of anilines is 1. The average Bonchev–Trinajstić information content (AvgIpc) is 2.78. The Bertz CT molecular complexity index is 1110. The molecule has 7 heteroatoms. The number of nitrogens with one attached hydrogen (secondary N) is 1. The third-order valence-electron chi connectivity index (χ3n) is 4.91. The van der Waals surface area contributed by atoms with Crippen molar-refractivity contribution < 1.29 is 13.2 Å². The van der Waals surface area contributed by atoms with E-state index in [9.17, 15) is 13.2 Å². The summed E-state index contributed by atoms with van der Waals surface area (Å²) < 4.78 is 26.1. The van der Waals surface area contributed by atoms with E-state index < -0.39 is 10.0 Å². The van der Waals surface area contributed by atoms with Gasteiger partial charge in [0.25, 0.3) is 5.91 Å². The maximum absolute atomic E-state index is 12.4. The maximum atomic E-state index is 12.4. The van der Waals surface area contributed by atoms with Crippen LogP contribution in [0.5, 0.6) is 0 Å². The fourth-order valence-corrected chi connectivity index (χ4v) is 4.85. The van der Waals surface area contributed by atoms with Gasteiger partial charge in [-0.25, -0.2) is 8.42 Å². The lowest BCUT2D eigenvalue weighted by Crippen LogP contribution is -2.29. The zero-order chi connectivity index (χ0) is 23.0. The van der Waals surface area contributed by atoms with Gasteiger partial charge >= 0.3 is 0 Å². The van der Waals surface area contributed by atoms with Gasteiger partial charge in [-0.3, -0.25) is 9.10 Å². The van der Waals surface area contributed by atoms with Crippen LogP contribution < -0.4 is 9.62 Å². The molecule has 0 aromatic heterocycles. The topological polar surface area (TPSA) is 66.5 Å². The highest BCUT2D eigenvalue weighted by molar-refractivity contribution is 7.98. The zero-order valence-electron chi connectivity index (χ0n) is 18.3. The molecule has 1 N–H and O–H groups in total. The first-order valence-corrected chi connectivity index (χ1v) is 13.4. The van der Waals surface area contributed by atoms with E-state index in [1.54, 1.807) is 36.0 Å². The molecule has 0 bridgehead atoms. The predicted molar refractivity (Wildman–Crippen MR) is 134 cm³/mol. The van der Waals surface area contributed by atoms with Gasteiger partial charge in [0, 0.05) is 23.6 Å². The number of rotatable bonds is 10. The lowest BCUT2D eigenvalue weighted by atomic mass is 10.1. The Balaban J connectivity index is 1.55. The Labute approximate surface area is 194 Å². The van der Waals surface area contributed by atoms with Gasteiger partial charge in [0.05, 0.1) is 18.5 Å². The van der Waals surface area contributed by atoms with Crippen molar-refractivity contribution in [2.24, 2.45) is 0 Å². The SMILES string of the molecule is Cc1ccc(CN(c2ccc(C(=O)NCCSCc3ccccc3)cc2)S(C)(=O)=O)cc1. The second-order valence-corrected chi connectivity index (χ2v) is 10.6. The number of hydrogen-bond donors (Lipinski definition) is 1. The van der Waals surface area contributed by atoms with Crippen LogP contribution in [0, 0.1) is 6.92 Å². The second-order valence-electron chi connectivity index (χ2n) is 7.60. The molecule has 0 atom stereocenters. The lowest BCUT2D eigenvalue weighted by Gasteiger charge is -2.23. The van der Waals surface area contributed by atoms with Gasteiger partial charge in [0.15, 0.2) is 0 Å². The monoisotopic (exact) mass is 468 g/mol. The third kappa shape index (κ3) is 7.14. The van der Waals surface area contributed by atoms with Crippen LogP contribution in [0.2, 0.25) is 0 Å². The maximum Gasteiger partial charge on any atom is 0.251 e. The molecule has 0 unspecified atom stereocenters. The molecule has 0 heterocycles. The Morgan fingerprint density at radius 3 is 2.19 bits per heavy atom. The minimum Gasteiger partial charge on any atom is -0.351 e. The first-order chi connectivity index (χ1) is 15.3. The summed E-state index contributed by atoms with van der Waals surface area (Å²) in [5.74, 6) is 1.56. The molecule has 3 aromatic rings. The first kappa shape index (κ1) is 23.9. The van der Waals surface area contributed by atoms with Crippen LogP contribution >= 0.6 is 11.8 Å². The predicted octanol–water partition coefficient (Wildman–Crippen LogP) is 4.62. The van der Waals surface area contributed by atoms with Crippen LogP contribution in [0.15, 0.2) is 78.9 Å². The number of sulfonamides is 1. The minimum atomic E-state index is -3.47. The number of hydrogen-bond acceptors (Lipinski definition) is 4. The molecule has 0 aliphatic carbocycles. The van der Waals surface area contributed by atoms with E-state index in [4.69, 9.17) is 0 Å². The van der Waals surface area contributed by atoms with Crippen LogP contribution in [-0.2, 0) is 22.3 Å². The summed E-state index contributed by atoms with van der Waals surface area (Å²) in [4.78, 5) is 12.4. The van der Waals surface area contributed by atoms with Gasteiger partial charge in [-0.05, 0) is 42.3 Å². The summed E-state index contributed by atoms with van der Waals surface area (Å²) in [6.45, 7) is 2.80. The van der Waals surface area contributed by atoms with Crippen LogP contribution in [0.4, 0.5) is 5.69 Å². The van der Waals surface area contributed by atoms with Crippen molar-refractivity contribution in [2.75, 3.05) is 22.9 Å². The molecular formula is C25H28N2O3S2. The van der Waals surface area contributed by atoms with E-state index >= 15 is 0 Å². The van der Waals surface area contributed by atoms with Crippen molar-refractivity contribution in [2.45, 2.75) is 19.2 Å². The van der Waals surface area contributed by atoms with E-state index in [2.05, 4.69) is 17.4 Å². The van der Waals surface area contributed by atoms with Gasteiger partial charge in [0.2, 0.25) is 10.0 Å². The Morgan fingerprint density at radius 1 is 0.906 bits per heavy atom. The summed E-state index contributed by atoms with van der Waals surface area (Å²) in [6.07, 6.45) is 1.19. The molecule has 0 radical (unpaired) electrons. The summed E-state index contributed by atoms with van der Waals surface area (Å²) in [5.41, 5.74) is 4.32. The van der Waals surface area contributed by atoms with E-state index in [0.717, 1.165) is 22.6 Å². The quantitative estimate of drug-likeness (QED) is 0.441. The van der Waals surface area contributed by atoms with Crippen LogP contribution in [0.3, 0.4) is 0 Å². The van der Waals surface area contributed by atoms with Crippen LogP contribution in [-0.4, -0.2) is 32.9 Å². The molecule has 3 rings (SSSR count). The van der Waals surface area contributed by atoms with Crippen LogP contribution in [0.25, 0.3) is 0 Å². The van der Waals surface area contributed by atoms with Gasteiger partial charge in [-0.1, -0.05) is 60.2 Å². The van der Waals surface area contributed by atoms with Crippen molar-refractivity contribution in [3.8, 4) is 0 Å². The van der Waals surface area contributed by atoms with Crippen molar-refractivity contribution >= 4 is 33.4 Å². The number of aryl methyl sites for hydroxylation is 1. The minimum absolute atomic E-state index is 0.165. The molecule has 0 aliphatic rings. The average molecular weight is 469 g/mol. The van der Waals surface area contributed by atoms with Gasteiger partial charge in [0.1, 0.15) is 0 Å². The molecule has 0 fully saturated rings. The van der Waals surface area contributed by atoms with Crippen molar-refractivity contribution in [3.05, 3.63) is 101 Å². The molecule has 0 aliphatic heterocycles. The van der Waals surface area contributed by atoms with E-state index in [1.807, 2.05) is 49.4 Å². The van der Waals surface area contributed by atoms with Gasteiger partial charge < -0.3 is 5.32 Å². The highest BCUT2D eigenvalue weighted by atomic mass is 32.2. The van der Waals surface area contributed by atoms with Crippen molar-refractivity contribution in [3.63, 3.8) is 0 Å². The van der Waals surface area contributed by atoms with Gasteiger partial charge in [-0.15, -0.1) is 0 Å². The first-order valence-electron chi connectivity index (χ1n) is 10.4. The Morgan fingerprint density at radius 2 is 1.56 bits per heavy atom. The molecule has 0 spiro atoms. The zero-order valence-corrected chi connectivity index (χ0v) is 20.0. The number of benzene rings is 3. The number of nitrogens with zero attached hydrogens (tertiary/aromatic N) is 1. The van der Waals surface area contributed by atoms with Crippen molar-refractivity contribution in [1.29, 1.82) is 0 Å². The summed E-state index contributed by atoms with van der Waals surface area (Å²) >= 11 is 1.77. The molecule has 0 saturated heterocycles. The third-order valence-corrected chi connectivity index (χ3v) is 7.08. The Kier molecular flexibility index (Phi) is 8.36. The summed E-state index contributed by atoms with van der Waals surface area (Å²) in [5, 5.41) is 2.92. The molecule has 168 valence electrons. The number of thioether (sulfide) groups is 1. The molecule has 1 amide bonds. The largest absolute Gasteiger partial charge is 0.351 e. The van der Waals surface area contributed by atoms with Crippen molar-refractivity contribution in [1.82, 2.24) is 5.32 Å². The summed E-state index contributed by atoms with van der Waals surface area (Å²) in [7, 11) is -3.47. The van der Waals surface area contributed by atoms with Gasteiger partial charge in [-0.2, -0.15) is 11.8 Å². The lowest BCUT2D eigenvalue weighted by molar-refractivity contribution is 0.0956. The highest BCUT2D eigenvalue weighted by Crippen LogP contribution is 2.21. The van der Waals surface area contributed by atoms with Crippen LogP contribution in [0.1, 0.15) is 27.0 Å². The number of carbonyl (C=O) groups is 1. The normalized spacial score (nSPS) is 11.2. The second kappa shape index (κ2) is 11.2. The molecular weight excluding hydrogens is 440 g/mol. The molecule has 32 heavy (non-hydrogen) atoms.